The molecule has 12 heteroatoms. The molecule has 0 aliphatic heterocycles. The minimum Gasteiger partial charge on any atom is -0.366 e. The number of nitrogens with zero attached hydrogens (tertiary/aromatic N) is 7. The first-order valence-corrected chi connectivity index (χ1v) is 18.6. The Morgan fingerprint density at radius 2 is 1.59 bits per heavy atom. The van der Waals surface area contributed by atoms with Gasteiger partial charge in [0.15, 0.2) is 5.82 Å². The molecule has 1 unspecified atom stereocenters. The van der Waals surface area contributed by atoms with Crippen LogP contribution in [-0.2, 0) is 13.6 Å². The second-order valence-corrected chi connectivity index (χ2v) is 14.5. The van der Waals surface area contributed by atoms with Crippen LogP contribution >= 0.6 is 22.9 Å². The maximum absolute atomic E-state index is 16.0. The van der Waals surface area contributed by atoms with Crippen molar-refractivity contribution in [2.24, 2.45) is 7.05 Å². The van der Waals surface area contributed by atoms with Crippen LogP contribution < -0.4 is 10.6 Å². The molecule has 0 amide bonds. The molecule has 54 heavy (non-hydrogen) atoms. The van der Waals surface area contributed by atoms with Crippen molar-refractivity contribution in [2.75, 3.05) is 10.6 Å². The minimum absolute atomic E-state index is 0.106. The van der Waals surface area contributed by atoms with Crippen molar-refractivity contribution in [3.05, 3.63) is 142 Å². The van der Waals surface area contributed by atoms with Gasteiger partial charge < -0.3 is 10.6 Å². The molecule has 9 nitrogen and oxygen atoms in total. The van der Waals surface area contributed by atoms with E-state index in [0.29, 0.717) is 40.1 Å². The van der Waals surface area contributed by atoms with Crippen LogP contribution in [-0.4, -0.2) is 34.7 Å². The van der Waals surface area contributed by atoms with E-state index in [0.717, 1.165) is 49.3 Å². The number of nitrogens with one attached hydrogen (secondary N) is 2. The fraction of sp³-hybridized carbons (Fsp3) is 0.143. The zero-order chi connectivity index (χ0) is 37.3. The average molecular weight is 752 g/mol. The molecule has 0 fully saturated rings. The lowest BCUT2D eigenvalue weighted by atomic mass is 10.0. The molecule has 1 atom stereocenters. The highest BCUT2D eigenvalue weighted by atomic mass is 35.5. The van der Waals surface area contributed by atoms with Crippen LogP contribution in [0.15, 0.2) is 109 Å². The number of hydrogen-bond donors (Lipinski definition) is 2. The van der Waals surface area contributed by atoms with Gasteiger partial charge in [0, 0.05) is 70.8 Å². The summed E-state index contributed by atoms with van der Waals surface area (Å²) in [5.41, 5.74) is 11.1. The Morgan fingerprint density at radius 1 is 0.796 bits per heavy atom. The molecule has 0 radical (unpaired) electrons. The smallest absolute Gasteiger partial charge is 0.162 e. The van der Waals surface area contributed by atoms with E-state index in [1.165, 1.54) is 6.07 Å². The lowest BCUT2D eigenvalue weighted by molar-refractivity contribution is 0.613. The molecule has 8 aromatic rings. The van der Waals surface area contributed by atoms with Gasteiger partial charge in [-0.15, -0.1) is 11.3 Å². The first kappa shape index (κ1) is 35.0. The third-order valence-electron chi connectivity index (χ3n) is 9.14. The quantitative estimate of drug-likeness (QED) is 0.142. The first-order chi connectivity index (χ1) is 26.1. The molecule has 0 aliphatic carbocycles. The first-order valence-electron chi connectivity index (χ1n) is 17.4. The maximum Gasteiger partial charge on any atom is 0.162 e. The third kappa shape index (κ3) is 7.55. The van der Waals surface area contributed by atoms with Gasteiger partial charge in [0.05, 0.1) is 33.3 Å². The number of benzene rings is 4. The highest BCUT2D eigenvalue weighted by molar-refractivity contribution is 7.16. The second kappa shape index (κ2) is 14.8. The largest absolute Gasteiger partial charge is 0.366 e. The lowest BCUT2D eigenvalue weighted by Crippen LogP contribution is -2.10. The van der Waals surface area contributed by atoms with E-state index in [2.05, 4.69) is 67.9 Å². The van der Waals surface area contributed by atoms with Crippen LogP contribution in [0.4, 0.5) is 16.0 Å². The van der Waals surface area contributed by atoms with E-state index in [-0.39, 0.29) is 17.6 Å². The molecule has 0 saturated heterocycles. The summed E-state index contributed by atoms with van der Waals surface area (Å²) < 4.78 is 18.9. The summed E-state index contributed by atoms with van der Waals surface area (Å²) in [7, 11) is 1.90. The summed E-state index contributed by atoms with van der Waals surface area (Å²) in [5, 5.41) is 11.4. The Labute approximate surface area is 321 Å². The SMILES string of the molecule is Cc1cccc(-c2cc(NC(C)c3cccc(-c4cnn(C)c4)c3)nc(-c3cc(F)c(CNc4cc(-c5ccc6ncsc6c5)nc(C)n4)c(Cl)c3)n2)c1. The molecule has 0 bridgehead atoms. The molecule has 268 valence electrons. The number of rotatable bonds is 10. The molecule has 4 heterocycles. The van der Waals surface area contributed by atoms with Crippen molar-refractivity contribution < 1.29 is 4.39 Å². The van der Waals surface area contributed by atoms with E-state index in [1.807, 2.05) is 87.3 Å². The summed E-state index contributed by atoms with van der Waals surface area (Å²) >= 11 is 8.38. The normalized spacial score (nSPS) is 11.9. The minimum atomic E-state index is -0.480. The molecule has 2 N–H and O–H groups in total. The van der Waals surface area contributed by atoms with Crippen molar-refractivity contribution in [2.45, 2.75) is 33.4 Å². The number of hydrogen-bond acceptors (Lipinski definition) is 9. The highest BCUT2D eigenvalue weighted by Crippen LogP contribution is 2.32. The van der Waals surface area contributed by atoms with Gasteiger partial charge in [-0.2, -0.15) is 5.10 Å². The molecule has 0 spiro atoms. The Bertz CT molecular complexity index is 2630. The van der Waals surface area contributed by atoms with Gasteiger partial charge in [0.2, 0.25) is 0 Å². The number of aryl methyl sites for hydroxylation is 3. The van der Waals surface area contributed by atoms with Crippen molar-refractivity contribution in [1.82, 2.24) is 34.7 Å². The van der Waals surface area contributed by atoms with Crippen molar-refractivity contribution in [3.63, 3.8) is 0 Å². The fourth-order valence-corrected chi connectivity index (χ4v) is 7.36. The van der Waals surface area contributed by atoms with E-state index >= 15 is 4.39 Å². The number of anilines is 2. The van der Waals surface area contributed by atoms with Crippen LogP contribution in [0.25, 0.3) is 55.2 Å². The van der Waals surface area contributed by atoms with Crippen LogP contribution in [0.1, 0.15) is 35.5 Å². The van der Waals surface area contributed by atoms with E-state index < -0.39 is 5.82 Å². The monoisotopic (exact) mass is 751 g/mol. The standard InChI is InChI=1S/C42H35ClFN9S/c1-24-7-5-10-29(13-24)38-19-41(48-25(2)27-8-6-9-28(14-27)32-20-47-53(4)22-32)52-42(51-38)31-15-34(43)33(35(44)16-31)21-45-40-18-37(49-26(3)50-40)30-11-12-36-39(17-30)54-23-46-36/h5-20,22-23,25H,21H2,1-4H3,(H,45,49,50)(H,48,51,52). The molecule has 0 saturated carbocycles. The summed E-state index contributed by atoms with van der Waals surface area (Å²) in [6.45, 7) is 6.06. The van der Waals surface area contributed by atoms with E-state index in [9.17, 15) is 0 Å². The van der Waals surface area contributed by atoms with Crippen LogP contribution in [0.3, 0.4) is 0 Å². The summed E-state index contributed by atoms with van der Waals surface area (Å²) in [4.78, 5) is 23.3. The van der Waals surface area contributed by atoms with Crippen molar-refractivity contribution >= 4 is 44.8 Å². The van der Waals surface area contributed by atoms with Crippen LogP contribution in [0, 0.1) is 19.7 Å². The van der Waals surface area contributed by atoms with Gasteiger partial charge in [0.1, 0.15) is 23.3 Å². The second-order valence-electron chi connectivity index (χ2n) is 13.2. The zero-order valence-electron chi connectivity index (χ0n) is 30.0. The molecular formula is C42H35ClFN9S. The highest BCUT2D eigenvalue weighted by Gasteiger charge is 2.17. The Kier molecular flexibility index (Phi) is 9.57. The van der Waals surface area contributed by atoms with Gasteiger partial charge in [-0.25, -0.2) is 29.3 Å². The summed E-state index contributed by atoms with van der Waals surface area (Å²) in [6, 6.07) is 29.3. The molecule has 8 rings (SSSR count). The van der Waals surface area contributed by atoms with Gasteiger partial charge in [-0.1, -0.05) is 59.6 Å². The average Bonchev–Trinajstić information content (AvgIpc) is 3.83. The Balaban J connectivity index is 1.07. The van der Waals surface area contributed by atoms with Gasteiger partial charge in [-0.05, 0) is 68.3 Å². The van der Waals surface area contributed by atoms with Gasteiger partial charge in [0.25, 0.3) is 0 Å². The van der Waals surface area contributed by atoms with Gasteiger partial charge in [-0.3, -0.25) is 4.68 Å². The lowest BCUT2D eigenvalue weighted by Gasteiger charge is -2.18. The van der Waals surface area contributed by atoms with Crippen LogP contribution in [0.5, 0.6) is 0 Å². The van der Waals surface area contributed by atoms with Crippen molar-refractivity contribution in [1.29, 1.82) is 0 Å². The molecular weight excluding hydrogens is 717 g/mol. The molecule has 4 aromatic carbocycles. The van der Waals surface area contributed by atoms with Gasteiger partial charge >= 0.3 is 0 Å². The van der Waals surface area contributed by atoms with Crippen LogP contribution in [0.2, 0.25) is 5.02 Å². The molecule has 4 aromatic heterocycles. The zero-order valence-corrected chi connectivity index (χ0v) is 31.5. The topological polar surface area (TPSA) is 106 Å². The number of thiazole rings is 1. The number of aromatic nitrogens is 7. The predicted octanol–water partition coefficient (Wildman–Crippen LogP) is 10.5. The van der Waals surface area contributed by atoms with Crippen molar-refractivity contribution in [3.8, 4) is 45.0 Å². The number of halogens is 2. The van der Waals surface area contributed by atoms with E-state index in [1.54, 1.807) is 22.1 Å². The Hall–Kier alpha value is -6.04. The third-order valence-corrected chi connectivity index (χ3v) is 10.3. The Morgan fingerprint density at radius 3 is 2.41 bits per heavy atom. The summed E-state index contributed by atoms with van der Waals surface area (Å²) in [6.07, 6.45) is 3.85. The maximum atomic E-state index is 16.0. The molecule has 0 aliphatic rings. The summed E-state index contributed by atoms with van der Waals surface area (Å²) in [5.74, 6) is 1.62. The van der Waals surface area contributed by atoms with E-state index in [4.69, 9.17) is 21.6 Å². The fourth-order valence-electron chi connectivity index (χ4n) is 6.37. The number of fused-ring (bicyclic) bond motifs is 1. The predicted molar refractivity (Wildman–Crippen MR) is 216 cm³/mol.